The van der Waals surface area contributed by atoms with Gasteiger partial charge in [0.05, 0.1) is 5.52 Å². The van der Waals surface area contributed by atoms with Crippen molar-refractivity contribution in [3.05, 3.63) is 175 Å². The van der Waals surface area contributed by atoms with E-state index in [1.54, 1.807) is 0 Å². The van der Waals surface area contributed by atoms with Gasteiger partial charge in [0.2, 0.25) is 0 Å². The molecule has 0 atom stereocenters. The van der Waals surface area contributed by atoms with Gasteiger partial charge in [0.1, 0.15) is 11.2 Å². The Morgan fingerprint density at radius 2 is 1.06 bits per heavy atom. The number of hydrogen-bond donors (Lipinski definition) is 0. The molecule has 0 saturated heterocycles. The minimum atomic E-state index is 0.627. The molecule has 0 aliphatic heterocycles. The fourth-order valence-electron chi connectivity index (χ4n) is 7.24. The molecular formula is C46H30N4O. The van der Waals surface area contributed by atoms with E-state index < -0.39 is 0 Å². The van der Waals surface area contributed by atoms with Gasteiger partial charge in [-0.1, -0.05) is 121 Å². The highest BCUT2D eigenvalue weighted by Crippen LogP contribution is 2.35. The second-order valence-corrected chi connectivity index (χ2v) is 12.8. The fraction of sp³-hybridized carbons (Fsp3) is 0.0217. The molecule has 0 bridgehead atoms. The third kappa shape index (κ3) is 5.06. The van der Waals surface area contributed by atoms with Gasteiger partial charge >= 0.3 is 0 Å². The Balaban J connectivity index is 1.03. The van der Waals surface area contributed by atoms with Gasteiger partial charge in [-0.25, -0.2) is 15.0 Å². The lowest BCUT2D eigenvalue weighted by Gasteiger charge is -2.12. The van der Waals surface area contributed by atoms with Crippen LogP contribution in [0.3, 0.4) is 0 Å². The van der Waals surface area contributed by atoms with Crippen LogP contribution in [0.1, 0.15) is 11.3 Å². The predicted molar refractivity (Wildman–Crippen MR) is 208 cm³/mol. The lowest BCUT2D eigenvalue weighted by atomic mass is 10.0. The maximum absolute atomic E-state index is 6.16. The second-order valence-electron chi connectivity index (χ2n) is 12.8. The Hall–Kier alpha value is -6.85. The first-order valence-corrected chi connectivity index (χ1v) is 17.2. The van der Waals surface area contributed by atoms with E-state index in [0.717, 1.165) is 61.9 Å². The first-order chi connectivity index (χ1) is 25.3. The van der Waals surface area contributed by atoms with Gasteiger partial charge in [-0.2, -0.15) is 0 Å². The number of benzene rings is 6. The highest BCUT2D eigenvalue weighted by Gasteiger charge is 2.18. The standard InChI is InChI=1S/C46H30N4O/c1-3-11-31(12-4-1)44-47-45(32-21-19-30(20-22-32)34-25-28-39-38-15-8-10-18-42(38)51-43(39)29-34)49-46(48-44)33-23-26-35(27-24-33)50-40-16-6-2-5-13-36(40)37-14-7-9-17-41(37)50/h1-15,17-29H,16H2. The maximum Gasteiger partial charge on any atom is 0.164 e. The monoisotopic (exact) mass is 654 g/mol. The van der Waals surface area contributed by atoms with E-state index in [1.165, 1.54) is 22.2 Å². The Bertz CT molecular complexity index is 2810. The van der Waals surface area contributed by atoms with Crippen LogP contribution >= 0.6 is 0 Å². The predicted octanol–water partition coefficient (Wildman–Crippen LogP) is 11.5. The number of aromatic nitrogens is 4. The molecule has 51 heavy (non-hydrogen) atoms. The van der Waals surface area contributed by atoms with E-state index in [9.17, 15) is 0 Å². The van der Waals surface area contributed by atoms with Crippen molar-refractivity contribution < 1.29 is 4.42 Å². The minimum absolute atomic E-state index is 0.627. The van der Waals surface area contributed by atoms with Crippen molar-refractivity contribution in [1.82, 2.24) is 19.5 Å². The molecule has 10 rings (SSSR count). The van der Waals surface area contributed by atoms with Gasteiger partial charge in [0, 0.05) is 56.2 Å². The summed E-state index contributed by atoms with van der Waals surface area (Å²) in [5.74, 6) is 1.90. The minimum Gasteiger partial charge on any atom is -0.456 e. The van der Waals surface area contributed by atoms with E-state index in [-0.39, 0.29) is 0 Å². The smallest absolute Gasteiger partial charge is 0.164 e. The molecule has 5 heteroatoms. The molecule has 240 valence electrons. The summed E-state index contributed by atoms with van der Waals surface area (Å²) in [7, 11) is 0. The molecule has 6 aromatic carbocycles. The van der Waals surface area contributed by atoms with Gasteiger partial charge in [-0.3, -0.25) is 0 Å². The van der Waals surface area contributed by atoms with Gasteiger partial charge in [-0.05, 0) is 59.7 Å². The van der Waals surface area contributed by atoms with Crippen molar-refractivity contribution in [2.45, 2.75) is 6.42 Å². The summed E-state index contributed by atoms with van der Waals surface area (Å²) in [6.45, 7) is 0. The summed E-state index contributed by atoms with van der Waals surface area (Å²) >= 11 is 0. The van der Waals surface area contributed by atoms with E-state index in [0.29, 0.717) is 17.5 Å². The molecule has 0 fully saturated rings. The van der Waals surface area contributed by atoms with Crippen LogP contribution in [0.5, 0.6) is 0 Å². The molecular weight excluding hydrogens is 625 g/mol. The van der Waals surface area contributed by atoms with Gasteiger partial charge in [-0.15, -0.1) is 0 Å². The van der Waals surface area contributed by atoms with Crippen LogP contribution in [-0.4, -0.2) is 19.5 Å². The van der Waals surface area contributed by atoms with Gasteiger partial charge < -0.3 is 8.98 Å². The van der Waals surface area contributed by atoms with Crippen molar-refractivity contribution >= 4 is 38.9 Å². The maximum atomic E-state index is 6.16. The Kier molecular flexibility index (Phi) is 6.81. The number of hydrogen-bond acceptors (Lipinski definition) is 4. The molecule has 0 spiro atoms. The van der Waals surface area contributed by atoms with Crippen LogP contribution < -0.4 is 0 Å². The third-order valence-electron chi connectivity index (χ3n) is 9.74. The normalized spacial score (nSPS) is 12.5. The number of para-hydroxylation sites is 2. The van der Waals surface area contributed by atoms with Crippen molar-refractivity contribution in [1.29, 1.82) is 0 Å². The van der Waals surface area contributed by atoms with Crippen LogP contribution in [0.2, 0.25) is 0 Å². The fourth-order valence-corrected chi connectivity index (χ4v) is 7.24. The Labute approximate surface area is 294 Å². The average Bonchev–Trinajstić information content (AvgIpc) is 3.62. The molecule has 1 aliphatic carbocycles. The molecule has 0 saturated carbocycles. The molecule has 0 radical (unpaired) electrons. The quantitative estimate of drug-likeness (QED) is 0.185. The first-order valence-electron chi connectivity index (χ1n) is 17.2. The van der Waals surface area contributed by atoms with Crippen LogP contribution in [0.4, 0.5) is 0 Å². The molecule has 0 N–H and O–H groups in total. The molecule has 0 unspecified atom stereocenters. The number of rotatable bonds is 5. The first kappa shape index (κ1) is 29.1. The van der Waals surface area contributed by atoms with Gasteiger partial charge in [0.25, 0.3) is 0 Å². The summed E-state index contributed by atoms with van der Waals surface area (Å²) in [4.78, 5) is 15.0. The van der Waals surface area contributed by atoms with E-state index >= 15 is 0 Å². The van der Waals surface area contributed by atoms with Crippen molar-refractivity contribution in [3.8, 4) is 51.0 Å². The number of furan rings is 1. The Morgan fingerprint density at radius 3 is 1.82 bits per heavy atom. The van der Waals surface area contributed by atoms with Crippen molar-refractivity contribution in [2.24, 2.45) is 0 Å². The summed E-state index contributed by atoms with van der Waals surface area (Å²) < 4.78 is 8.53. The zero-order valence-electron chi connectivity index (χ0n) is 27.6. The van der Waals surface area contributed by atoms with E-state index in [2.05, 4.69) is 126 Å². The molecule has 1 aliphatic rings. The molecule has 9 aromatic rings. The SMILES string of the molecule is C1=CCc2c(c3ccccc3n2-c2ccc(-c3nc(-c4ccccc4)nc(-c4ccc(-c5ccc6c(c5)oc5ccccc56)cc4)n3)cc2)C=C1. The number of nitrogens with zero attached hydrogens (tertiary/aromatic N) is 4. The zero-order valence-corrected chi connectivity index (χ0v) is 27.6. The summed E-state index contributed by atoms with van der Waals surface area (Å²) in [6, 6.07) is 50.3. The molecule has 3 heterocycles. The molecule has 3 aromatic heterocycles. The van der Waals surface area contributed by atoms with Crippen LogP contribution in [-0.2, 0) is 6.42 Å². The molecule has 0 amide bonds. The highest BCUT2D eigenvalue weighted by molar-refractivity contribution is 6.05. The largest absolute Gasteiger partial charge is 0.456 e. The van der Waals surface area contributed by atoms with E-state index in [4.69, 9.17) is 19.4 Å². The topological polar surface area (TPSA) is 56.7 Å². The van der Waals surface area contributed by atoms with Crippen molar-refractivity contribution in [2.75, 3.05) is 0 Å². The zero-order chi connectivity index (χ0) is 33.7. The summed E-state index contributed by atoms with van der Waals surface area (Å²) in [5, 5.41) is 3.51. The number of allylic oxidation sites excluding steroid dienone is 3. The summed E-state index contributed by atoms with van der Waals surface area (Å²) in [5.41, 5.74) is 11.6. The Morgan fingerprint density at radius 1 is 0.471 bits per heavy atom. The van der Waals surface area contributed by atoms with E-state index in [1.807, 2.05) is 48.5 Å². The lowest BCUT2D eigenvalue weighted by molar-refractivity contribution is 0.669. The summed E-state index contributed by atoms with van der Waals surface area (Å²) in [6.07, 6.45) is 9.55. The van der Waals surface area contributed by atoms with Crippen LogP contribution in [0, 0.1) is 0 Å². The van der Waals surface area contributed by atoms with Crippen LogP contribution in [0.15, 0.2) is 168 Å². The third-order valence-corrected chi connectivity index (χ3v) is 9.74. The number of fused-ring (bicyclic) bond motifs is 6. The average molecular weight is 655 g/mol. The lowest BCUT2D eigenvalue weighted by Crippen LogP contribution is -2.02. The van der Waals surface area contributed by atoms with Crippen LogP contribution in [0.25, 0.3) is 89.9 Å². The molecule has 5 nitrogen and oxygen atoms in total. The van der Waals surface area contributed by atoms with Gasteiger partial charge in [0.15, 0.2) is 17.5 Å². The highest BCUT2D eigenvalue weighted by atomic mass is 16.3. The van der Waals surface area contributed by atoms with Crippen molar-refractivity contribution in [3.63, 3.8) is 0 Å². The second kappa shape index (κ2) is 11.9.